The Hall–Kier alpha value is -5.08. The topological polar surface area (TPSA) is 24.7 Å². The molecule has 0 heterocycles. The standard InChI is InChI=1S/C36H26N2/c1-5-15-28(16-6-1)35(29-17-7-2-8-18-29)37-32-25-13-23-27-24-14-26-33(34(27)32)38-36(30-19-9-3-10-20-30)31-21-11-4-12-22-31/h1-26H. The molecular weight excluding hydrogens is 460 g/mol. The lowest BCUT2D eigenvalue weighted by atomic mass is 10.0. The Kier molecular flexibility index (Phi) is 6.69. The minimum atomic E-state index is 0.894. The molecular formula is C36H26N2. The Balaban J connectivity index is 1.60. The lowest BCUT2D eigenvalue weighted by Gasteiger charge is -2.12. The van der Waals surface area contributed by atoms with Crippen molar-refractivity contribution < 1.29 is 0 Å². The van der Waals surface area contributed by atoms with E-state index in [1.807, 2.05) is 24.3 Å². The second kappa shape index (κ2) is 10.9. The third-order valence-corrected chi connectivity index (χ3v) is 6.51. The highest BCUT2D eigenvalue weighted by atomic mass is 14.8. The van der Waals surface area contributed by atoms with E-state index >= 15 is 0 Å². The molecule has 2 nitrogen and oxygen atoms in total. The van der Waals surface area contributed by atoms with Crippen LogP contribution in [0.5, 0.6) is 0 Å². The van der Waals surface area contributed by atoms with Gasteiger partial charge in [0.25, 0.3) is 0 Å². The Labute approximate surface area is 223 Å². The van der Waals surface area contributed by atoms with Crippen LogP contribution in [0.25, 0.3) is 10.8 Å². The van der Waals surface area contributed by atoms with Crippen molar-refractivity contribution in [2.75, 3.05) is 0 Å². The van der Waals surface area contributed by atoms with Crippen molar-refractivity contribution in [2.24, 2.45) is 9.98 Å². The van der Waals surface area contributed by atoms with Crippen molar-refractivity contribution in [1.29, 1.82) is 0 Å². The van der Waals surface area contributed by atoms with Crippen LogP contribution in [0.2, 0.25) is 0 Å². The molecule has 0 fully saturated rings. The first-order valence-corrected chi connectivity index (χ1v) is 12.8. The van der Waals surface area contributed by atoms with Crippen LogP contribution in [0.3, 0.4) is 0 Å². The molecule has 6 aromatic carbocycles. The number of fused-ring (bicyclic) bond motifs is 1. The molecule has 0 saturated carbocycles. The molecule has 180 valence electrons. The second-order valence-corrected chi connectivity index (χ2v) is 9.04. The summed E-state index contributed by atoms with van der Waals surface area (Å²) in [5.74, 6) is 0. The highest BCUT2D eigenvalue weighted by Gasteiger charge is 2.13. The average molecular weight is 487 g/mol. The van der Waals surface area contributed by atoms with Gasteiger partial charge in [0.2, 0.25) is 0 Å². The Morgan fingerprint density at radius 1 is 0.316 bits per heavy atom. The van der Waals surface area contributed by atoms with Gasteiger partial charge in [-0.2, -0.15) is 0 Å². The zero-order chi connectivity index (χ0) is 25.6. The smallest absolute Gasteiger partial charge is 0.0781 e. The van der Waals surface area contributed by atoms with Crippen LogP contribution in [0.1, 0.15) is 22.3 Å². The molecule has 0 aromatic heterocycles. The molecule has 38 heavy (non-hydrogen) atoms. The lowest BCUT2D eigenvalue weighted by molar-refractivity contribution is 1.47. The van der Waals surface area contributed by atoms with Gasteiger partial charge < -0.3 is 0 Å². The zero-order valence-electron chi connectivity index (χ0n) is 20.9. The van der Waals surface area contributed by atoms with E-state index in [9.17, 15) is 0 Å². The minimum absolute atomic E-state index is 0.894. The van der Waals surface area contributed by atoms with Crippen molar-refractivity contribution in [2.45, 2.75) is 0 Å². The van der Waals surface area contributed by atoms with Crippen LogP contribution in [0.4, 0.5) is 11.4 Å². The molecule has 0 saturated heterocycles. The first-order chi connectivity index (χ1) is 18.9. The number of benzene rings is 6. The summed E-state index contributed by atoms with van der Waals surface area (Å²) in [6.07, 6.45) is 0. The van der Waals surface area contributed by atoms with Gasteiger partial charge in [-0.05, 0) is 17.5 Å². The molecule has 2 heteroatoms. The zero-order valence-corrected chi connectivity index (χ0v) is 20.9. The van der Waals surface area contributed by atoms with Gasteiger partial charge in [-0.25, -0.2) is 9.98 Å². The molecule has 0 bridgehead atoms. The number of nitrogens with zero attached hydrogens (tertiary/aromatic N) is 2. The monoisotopic (exact) mass is 486 g/mol. The summed E-state index contributed by atoms with van der Waals surface area (Å²) >= 11 is 0. The van der Waals surface area contributed by atoms with Crippen molar-refractivity contribution in [3.63, 3.8) is 0 Å². The third kappa shape index (κ3) is 4.93. The highest BCUT2D eigenvalue weighted by Crippen LogP contribution is 2.36. The number of aliphatic imine (C=N–C) groups is 2. The summed E-state index contributed by atoms with van der Waals surface area (Å²) in [6, 6.07) is 54.0. The van der Waals surface area contributed by atoms with E-state index in [1.54, 1.807) is 0 Å². The molecule has 0 N–H and O–H groups in total. The third-order valence-electron chi connectivity index (χ3n) is 6.51. The van der Waals surface area contributed by atoms with E-state index in [0.29, 0.717) is 0 Å². The maximum atomic E-state index is 5.29. The Bertz CT molecular complexity index is 1510. The van der Waals surface area contributed by atoms with Crippen LogP contribution in [0.15, 0.2) is 168 Å². The van der Waals surface area contributed by atoms with E-state index in [2.05, 4.69) is 133 Å². The van der Waals surface area contributed by atoms with Gasteiger partial charge in [0.15, 0.2) is 0 Å². The molecule has 0 aliphatic rings. The molecule has 0 amide bonds. The largest absolute Gasteiger partial charge is 0.247 e. The fourth-order valence-corrected chi connectivity index (χ4v) is 4.70. The van der Waals surface area contributed by atoms with Gasteiger partial charge in [-0.1, -0.05) is 146 Å². The molecule has 6 rings (SSSR count). The molecule has 0 atom stereocenters. The van der Waals surface area contributed by atoms with Gasteiger partial charge >= 0.3 is 0 Å². The molecule has 0 spiro atoms. The van der Waals surface area contributed by atoms with Crippen molar-refractivity contribution in [3.05, 3.63) is 180 Å². The predicted octanol–water partition coefficient (Wildman–Crippen LogP) is 9.18. The summed E-state index contributed by atoms with van der Waals surface area (Å²) in [4.78, 5) is 10.6. The second-order valence-electron chi connectivity index (χ2n) is 9.04. The number of hydrogen-bond donors (Lipinski definition) is 0. The van der Waals surface area contributed by atoms with Gasteiger partial charge in [-0.3, -0.25) is 0 Å². The maximum Gasteiger partial charge on any atom is 0.0781 e. The van der Waals surface area contributed by atoms with E-state index in [-0.39, 0.29) is 0 Å². The van der Waals surface area contributed by atoms with Crippen LogP contribution < -0.4 is 0 Å². The summed E-state index contributed by atoms with van der Waals surface area (Å²) in [7, 11) is 0. The summed E-state index contributed by atoms with van der Waals surface area (Å²) in [6.45, 7) is 0. The van der Waals surface area contributed by atoms with Crippen LogP contribution in [0, 0.1) is 0 Å². The van der Waals surface area contributed by atoms with Crippen molar-refractivity contribution >= 4 is 33.6 Å². The predicted molar refractivity (Wildman–Crippen MR) is 160 cm³/mol. The van der Waals surface area contributed by atoms with Gasteiger partial charge in [-0.15, -0.1) is 0 Å². The minimum Gasteiger partial charge on any atom is -0.247 e. The SMILES string of the molecule is c1ccc(C(=Nc2cccc3cccc(N=C(c4ccccc4)c4ccccc4)c23)c2ccccc2)cc1. The molecule has 0 radical (unpaired) electrons. The van der Waals surface area contributed by atoms with E-state index in [0.717, 1.165) is 55.8 Å². The quantitative estimate of drug-likeness (QED) is 0.210. The van der Waals surface area contributed by atoms with Gasteiger partial charge in [0.05, 0.1) is 22.8 Å². The normalized spacial score (nSPS) is 10.6. The molecule has 0 aliphatic carbocycles. The van der Waals surface area contributed by atoms with Crippen molar-refractivity contribution in [1.82, 2.24) is 0 Å². The fraction of sp³-hybridized carbons (Fsp3) is 0. The van der Waals surface area contributed by atoms with Crippen LogP contribution in [-0.2, 0) is 0 Å². The lowest BCUT2D eigenvalue weighted by Crippen LogP contribution is -2.03. The number of rotatable bonds is 6. The Morgan fingerprint density at radius 3 is 0.947 bits per heavy atom. The first kappa shape index (κ1) is 23.3. The highest BCUT2D eigenvalue weighted by molar-refractivity contribution is 6.17. The van der Waals surface area contributed by atoms with Gasteiger partial charge in [0.1, 0.15) is 0 Å². The first-order valence-electron chi connectivity index (χ1n) is 12.8. The van der Waals surface area contributed by atoms with E-state index in [4.69, 9.17) is 9.98 Å². The summed E-state index contributed by atoms with van der Waals surface area (Å²) < 4.78 is 0. The fourth-order valence-electron chi connectivity index (χ4n) is 4.70. The van der Waals surface area contributed by atoms with E-state index < -0.39 is 0 Å². The summed E-state index contributed by atoms with van der Waals surface area (Å²) in [5.41, 5.74) is 7.96. The molecule has 6 aromatic rings. The van der Waals surface area contributed by atoms with Crippen molar-refractivity contribution in [3.8, 4) is 0 Å². The Morgan fingerprint density at radius 2 is 0.632 bits per heavy atom. The number of hydrogen-bond acceptors (Lipinski definition) is 2. The molecule has 0 aliphatic heterocycles. The van der Waals surface area contributed by atoms with Crippen LogP contribution in [-0.4, -0.2) is 11.4 Å². The molecule has 0 unspecified atom stereocenters. The average Bonchev–Trinajstić information content (AvgIpc) is 3.00. The van der Waals surface area contributed by atoms with E-state index in [1.165, 1.54) is 0 Å². The maximum absolute atomic E-state index is 5.29. The summed E-state index contributed by atoms with van der Waals surface area (Å²) in [5, 5.41) is 2.14. The van der Waals surface area contributed by atoms with Gasteiger partial charge in [0, 0.05) is 27.6 Å². The van der Waals surface area contributed by atoms with Crippen LogP contribution >= 0.6 is 0 Å².